The van der Waals surface area contributed by atoms with Crippen molar-refractivity contribution in [3.8, 4) is 11.1 Å². The van der Waals surface area contributed by atoms with E-state index in [9.17, 15) is 0 Å². The number of allylic oxidation sites excluding steroid dienone is 6. The van der Waals surface area contributed by atoms with Crippen molar-refractivity contribution in [3.63, 3.8) is 0 Å². The Morgan fingerprint density at radius 2 is 1.43 bits per heavy atom. The van der Waals surface area contributed by atoms with Gasteiger partial charge in [-0.1, -0.05) is 107 Å². The zero-order valence-electron chi connectivity index (χ0n) is 19.5. The summed E-state index contributed by atoms with van der Waals surface area (Å²) < 4.78 is 1.12. The Bertz CT molecular complexity index is 1730. The van der Waals surface area contributed by atoms with Gasteiger partial charge in [0.15, 0.2) is 0 Å². The molecule has 1 unspecified atom stereocenters. The van der Waals surface area contributed by atoms with Gasteiger partial charge in [0.1, 0.15) is 0 Å². The van der Waals surface area contributed by atoms with Gasteiger partial charge in [0, 0.05) is 4.47 Å². The van der Waals surface area contributed by atoms with Gasteiger partial charge in [0.25, 0.3) is 0 Å². The molecule has 0 amide bonds. The molecule has 2 aliphatic carbocycles. The summed E-state index contributed by atoms with van der Waals surface area (Å²) in [6.07, 6.45) is 12.9. The number of fused-ring (bicyclic) bond motifs is 4. The monoisotopic (exact) mass is 512 g/mol. The number of rotatable bonds is 2. The standard InChI is InChI=1S/C34H25Br/c35-28-17-18-31-32(21-28)34(27-16-14-23-8-2-4-10-25(23)20-27)30-12-6-5-11-29(30)33(31)26-15-13-22-7-1-3-9-24(22)19-26/h1-2,4-8,10-18,20-21,24H,3,9,19H2. The number of benzene rings is 5. The third kappa shape index (κ3) is 3.49. The van der Waals surface area contributed by atoms with Gasteiger partial charge in [-0.25, -0.2) is 0 Å². The zero-order chi connectivity index (χ0) is 23.4. The molecular formula is C34H25Br. The van der Waals surface area contributed by atoms with Crippen LogP contribution in [0, 0.1) is 5.92 Å². The average Bonchev–Trinajstić information content (AvgIpc) is 2.91. The molecule has 7 rings (SSSR count). The second kappa shape index (κ2) is 8.36. The van der Waals surface area contributed by atoms with Crippen LogP contribution in [-0.4, -0.2) is 0 Å². The Morgan fingerprint density at radius 1 is 0.657 bits per heavy atom. The zero-order valence-corrected chi connectivity index (χ0v) is 21.1. The molecule has 0 bridgehead atoms. The van der Waals surface area contributed by atoms with Crippen molar-refractivity contribution in [3.05, 3.63) is 125 Å². The van der Waals surface area contributed by atoms with Crippen molar-refractivity contribution in [2.75, 3.05) is 0 Å². The third-order valence-corrected chi connectivity index (χ3v) is 8.25. The molecule has 35 heavy (non-hydrogen) atoms. The molecule has 5 aromatic carbocycles. The second-order valence-corrected chi connectivity index (χ2v) is 10.7. The molecule has 0 saturated heterocycles. The molecule has 2 aliphatic rings. The summed E-state index contributed by atoms with van der Waals surface area (Å²) in [7, 11) is 0. The van der Waals surface area contributed by atoms with Crippen LogP contribution in [0.3, 0.4) is 0 Å². The second-order valence-electron chi connectivity index (χ2n) is 9.79. The summed E-state index contributed by atoms with van der Waals surface area (Å²) in [5, 5.41) is 7.87. The molecule has 0 spiro atoms. The van der Waals surface area contributed by atoms with Crippen LogP contribution in [0.25, 0.3) is 49.0 Å². The van der Waals surface area contributed by atoms with Crippen LogP contribution in [0.2, 0.25) is 0 Å². The molecule has 168 valence electrons. The minimum absolute atomic E-state index is 0.629. The van der Waals surface area contributed by atoms with Crippen molar-refractivity contribution in [1.29, 1.82) is 0 Å². The van der Waals surface area contributed by atoms with Crippen molar-refractivity contribution in [1.82, 2.24) is 0 Å². The molecule has 0 saturated carbocycles. The lowest BCUT2D eigenvalue weighted by atomic mass is 9.77. The molecule has 1 heteroatoms. The maximum absolute atomic E-state index is 3.78. The highest BCUT2D eigenvalue weighted by Crippen LogP contribution is 2.46. The molecule has 0 heterocycles. The van der Waals surface area contributed by atoms with Crippen LogP contribution in [0.5, 0.6) is 0 Å². The van der Waals surface area contributed by atoms with E-state index in [4.69, 9.17) is 0 Å². The first-order chi connectivity index (χ1) is 17.3. The maximum atomic E-state index is 3.78. The summed E-state index contributed by atoms with van der Waals surface area (Å²) in [6.45, 7) is 0. The normalized spacial score (nSPS) is 17.5. The molecule has 0 nitrogen and oxygen atoms in total. The van der Waals surface area contributed by atoms with Crippen LogP contribution < -0.4 is 0 Å². The van der Waals surface area contributed by atoms with Crippen LogP contribution >= 0.6 is 15.9 Å². The molecule has 0 N–H and O–H groups in total. The van der Waals surface area contributed by atoms with E-state index in [0.717, 1.165) is 10.9 Å². The smallest absolute Gasteiger partial charge is 0.0181 e. The first-order valence-corrected chi connectivity index (χ1v) is 13.3. The summed E-state index contributed by atoms with van der Waals surface area (Å²) >= 11 is 3.78. The van der Waals surface area contributed by atoms with Gasteiger partial charge >= 0.3 is 0 Å². The van der Waals surface area contributed by atoms with Crippen molar-refractivity contribution >= 4 is 53.8 Å². The Labute approximate surface area is 214 Å². The Kier molecular flexibility index (Phi) is 4.99. The van der Waals surface area contributed by atoms with E-state index >= 15 is 0 Å². The van der Waals surface area contributed by atoms with E-state index in [1.165, 1.54) is 73.0 Å². The highest BCUT2D eigenvalue weighted by atomic mass is 79.9. The van der Waals surface area contributed by atoms with Crippen LogP contribution in [0.15, 0.2) is 119 Å². The Balaban J connectivity index is 1.56. The number of halogens is 1. The van der Waals surface area contributed by atoms with Crippen LogP contribution in [0.4, 0.5) is 0 Å². The molecule has 0 fully saturated rings. The predicted molar refractivity (Wildman–Crippen MR) is 155 cm³/mol. The maximum Gasteiger partial charge on any atom is 0.0181 e. The average molecular weight is 513 g/mol. The van der Waals surface area contributed by atoms with E-state index < -0.39 is 0 Å². The molecule has 1 atom stereocenters. The van der Waals surface area contributed by atoms with Gasteiger partial charge in [-0.3, -0.25) is 0 Å². The lowest BCUT2D eigenvalue weighted by Crippen LogP contribution is -2.10. The van der Waals surface area contributed by atoms with E-state index in [1.54, 1.807) is 0 Å². The predicted octanol–water partition coefficient (Wildman–Crippen LogP) is 10.3. The molecule has 5 aromatic rings. The van der Waals surface area contributed by atoms with Crippen molar-refractivity contribution < 1.29 is 0 Å². The topological polar surface area (TPSA) is 0 Å². The van der Waals surface area contributed by atoms with E-state index in [-0.39, 0.29) is 0 Å². The minimum Gasteiger partial charge on any atom is -0.0842 e. The number of hydrogen-bond acceptors (Lipinski definition) is 0. The van der Waals surface area contributed by atoms with Gasteiger partial charge in [-0.15, -0.1) is 0 Å². The van der Waals surface area contributed by atoms with Gasteiger partial charge in [0.05, 0.1) is 0 Å². The third-order valence-electron chi connectivity index (χ3n) is 7.75. The Hall–Kier alpha value is -3.42. The van der Waals surface area contributed by atoms with Crippen LogP contribution in [-0.2, 0) is 0 Å². The number of hydrogen-bond donors (Lipinski definition) is 0. The molecule has 0 aromatic heterocycles. The lowest BCUT2D eigenvalue weighted by Gasteiger charge is -2.28. The fraction of sp³-hybridized carbons (Fsp3) is 0.118. The quantitative estimate of drug-likeness (QED) is 0.206. The van der Waals surface area contributed by atoms with Crippen LogP contribution in [0.1, 0.15) is 24.8 Å². The summed E-state index contributed by atoms with van der Waals surface area (Å²) in [5.74, 6) is 0.629. The van der Waals surface area contributed by atoms with Crippen molar-refractivity contribution in [2.24, 2.45) is 5.92 Å². The van der Waals surface area contributed by atoms with Crippen molar-refractivity contribution in [2.45, 2.75) is 19.3 Å². The molecular weight excluding hydrogens is 488 g/mol. The highest BCUT2D eigenvalue weighted by molar-refractivity contribution is 9.10. The summed E-state index contributed by atoms with van der Waals surface area (Å²) in [5.41, 5.74) is 6.94. The van der Waals surface area contributed by atoms with E-state index in [1.807, 2.05) is 0 Å². The van der Waals surface area contributed by atoms with E-state index in [2.05, 4.69) is 125 Å². The minimum atomic E-state index is 0.629. The first kappa shape index (κ1) is 20.9. The van der Waals surface area contributed by atoms with Gasteiger partial charge in [0.2, 0.25) is 0 Å². The highest BCUT2D eigenvalue weighted by Gasteiger charge is 2.24. The fourth-order valence-corrected chi connectivity index (χ4v) is 6.46. The fourth-order valence-electron chi connectivity index (χ4n) is 6.10. The largest absolute Gasteiger partial charge is 0.0842 e. The van der Waals surface area contributed by atoms with E-state index in [0.29, 0.717) is 5.92 Å². The summed E-state index contributed by atoms with van der Waals surface area (Å²) in [4.78, 5) is 0. The molecule has 0 aliphatic heterocycles. The molecule has 0 radical (unpaired) electrons. The summed E-state index contributed by atoms with van der Waals surface area (Å²) in [6, 6.07) is 31.3. The Morgan fingerprint density at radius 3 is 2.31 bits per heavy atom. The van der Waals surface area contributed by atoms with Gasteiger partial charge < -0.3 is 0 Å². The first-order valence-electron chi connectivity index (χ1n) is 12.5. The lowest BCUT2D eigenvalue weighted by molar-refractivity contribution is 0.573. The van der Waals surface area contributed by atoms with Gasteiger partial charge in [-0.2, -0.15) is 0 Å². The SMILES string of the molecule is Brc1ccc2c(C3=CC=C4C=CCCC4C3)c3ccccc3c(-c3ccc4ccccc4c3)c2c1. The van der Waals surface area contributed by atoms with Gasteiger partial charge in [-0.05, 0) is 104 Å².